The van der Waals surface area contributed by atoms with Gasteiger partial charge < -0.3 is 10.4 Å². The zero-order valence-corrected chi connectivity index (χ0v) is 17.0. The maximum atomic E-state index is 12.5. The van der Waals surface area contributed by atoms with Gasteiger partial charge in [0.25, 0.3) is 5.91 Å². The Balaban J connectivity index is 1.68. The van der Waals surface area contributed by atoms with Gasteiger partial charge in [0.2, 0.25) is 0 Å². The first-order valence-corrected chi connectivity index (χ1v) is 10.6. The largest absolute Gasteiger partial charge is 0.506 e. The highest BCUT2D eigenvalue weighted by Gasteiger charge is 2.15. The molecule has 0 spiro atoms. The Morgan fingerprint density at radius 3 is 2.07 bits per heavy atom. The fourth-order valence-electron chi connectivity index (χ4n) is 3.62. The molecular formula is C24H35NO2. The smallest absolute Gasteiger partial charge is 0.255 e. The van der Waals surface area contributed by atoms with E-state index >= 15 is 0 Å². The fraction of sp³-hybridized carbons (Fsp3) is 0.542. The van der Waals surface area contributed by atoms with Crippen molar-refractivity contribution in [3.05, 3.63) is 41.5 Å². The second-order valence-corrected chi connectivity index (χ2v) is 7.57. The van der Waals surface area contributed by atoms with Gasteiger partial charge in [-0.2, -0.15) is 0 Å². The van der Waals surface area contributed by atoms with Crippen molar-refractivity contribution in [1.29, 1.82) is 0 Å². The molecule has 0 aliphatic carbocycles. The fourth-order valence-corrected chi connectivity index (χ4v) is 3.62. The molecule has 0 atom stereocenters. The maximum Gasteiger partial charge on any atom is 0.255 e. The van der Waals surface area contributed by atoms with Crippen LogP contribution in [0.4, 0.5) is 0 Å². The molecule has 1 amide bonds. The molecule has 2 N–H and O–H groups in total. The molecule has 0 saturated heterocycles. The number of phenols is 1. The molecule has 0 saturated carbocycles. The summed E-state index contributed by atoms with van der Waals surface area (Å²) in [6.07, 6.45) is 12.8. The SMILES string of the molecule is CCCCCCCCCCCCNC(=O)c1cc(C)c2ccccc2c1O. The Labute approximate surface area is 164 Å². The normalized spacial score (nSPS) is 11.0. The Hall–Kier alpha value is -2.03. The molecule has 27 heavy (non-hydrogen) atoms. The van der Waals surface area contributed by atoms with E-state index in [2.05, 4.69) is 12.2 Å². The van der Waals surface area contributed by atoms with Gasteiger partial charge in [-0.3, -0.25) is 4.79 Å². The monoisotopic (exact) mass is 369 g/mol. The van der Waals surface area contributed by atoms with Crippen molar-refractivity contribution < 1.29 is 9.90 Å². The van der Waals surface area contributed by atoms with Crippen LogP contribution in [0.15, 0.2) is 30.3 Å². The maximum absolute atomic E-state index is 12.5. The summed E-state index contributed by atoms with van der Waals surface area (Å²) in [6, 6.07) is 9.44. The lowest BCUT2D eigenvalue weighted by atomic mass is 10.00. The minimum Gasteiger partial charge on any atom is -0.506 e. The van der Waals surface area contributed by atoms with Crippen LogP contribution in [0.5, 0.6) is 5.75 Å². The molecule has 0 unspecified atom stereocenters. The average molecular weight is 370 g/mol. The predicted octanol–water partition coefficient (Wildman–Crippen LogP) is 6.50. The molecule has 3 nitrogen and oxygen atoms in total. The first kappa shape index (κ1) is 21.3. The quantitative estimate of drug-likeness (QED) is 0.419. The molecular weight excluding hydrogens is 334 g/mol. The summed E-state index contributed by atoms with van der Waals surface area (Å²) in [7, 11) is 0. The van der Waals surface area contributed by atoms with Crippen LogP contribution in [0.1, 0.15) is 87.1 Å². The van der Waals surface area contributed by atoms with Gasteiger partial charge in [0, 0.05) is 11.9 Å². The lowest BCUT2D eigenvalue weighted by molar-refractivity contribution is 0.0950. The summed E-state index contributed by atoms with van der Waals surface area (Å²) in [5.74, 6) is -0.103. The third-order valence-corrected chi connectivity index (χ3v) is 5.28. The lowest BCUT2D eigenvalue weighted by Crippen LogP contribution is -2.24. The molecule has 0 fully saturated rings. The van der Waals surface area contributed by atoms with Gasteiger partial charge in [0.05, 0.1) is 5.56 Å². The van der Waals surface area contributed by atoms with Crippen LogP contribution in [-0.2, 0) is 0 Å². The number of benzene rings is 2. The molecule has 3 heteroatoms. The molecule has 2 rings (SSSR count). The van der Waals surface area contributed by atoms with Gasteiger partial charge >= 0.3 is 0 Å². The zero-order chi connectivity index (χ0) is 19.5. The number of hydrogen-bond acceptors (Lipinski definition) is 2. The van der Waals surface area contributed by atoms with Gasteiger partial charge in [0.15, 0.2) is 0 Å². The molecule has 0 aromatic heterocycles. The third-order valence-electron chi connectivity index (χ3n) is 5.28. The molecule has 2 aromatic rings. The standard InChI is InChI=1S/C24H35NO2/c1-3-4-5-6-7-8-9-10-11-14-17-25-24(27)22-18-19(2)20-15-12-13-16-21(20)23(22)26/h12-13,15-16,18,26H,3-11,14,17H2,1-2H3,(H,25,27). The van der Waals surface area contributed by atoms with E-state index in [9.17, 15) is 9.90 Å². The van der Waals surface area contributed by atoms with Crippen molar-refractivity contribution in [2.45, 2.75) is 78.1 Å². The van der Waals surface area contributed by atoms with E-state index in [0.29, 0.717) is 12.1 Å². The molecule has 0 aliphatic heterocycles. The van der Waals surface area contributed by atoms with Gasteiger partial charge in [-0.15, -0.1) is 0 Å². The molecule has 148 valence electrons. The van der Waals surface area contributed by atoms with E-state index in [0.717, 1.165) is 29.2 Å². The van der Waals surface area contributed by atoms with Crippen molar-refractivity contribution in [2.75, 3.05) is 6.54 Å². The van der Waals surface area contributed by atoms with Crippen LogP contribution in [0.2, 0.25) is 0 Å². The van der Waals surface area contributed by atoms with Crippen LogP contribution < -0.4 is 5.32 Å². The number of rotatable bonds is 12. The van der Waals surface area contributed by atoms with Crippen LogP contribution in [-0.4, -0.2) is 17.6 Å². The zero-order valence-electron chi connectivity index (χ0n) is 17.0. The molecule has 0 bridgehead atoms. The van der Waals surface area contributed by atoms with Gasteiger partial charge in [-0.1, -0.05) is 89.0 Å². The number of phenolic OH excluding ortho intramolecular Hbond substituents is 1. The number of carbonyl (C=O) groups is 1. The van der Waals surface area contributed by atoms with Gasteiger partial charge in [0.1, 0.15) is 5.75 Å². The first-order valence-electron chi connectivity index (χ1n) is 10.6. The molecule has 2 aromatic carbocycles. The third kappa shape index (κ3) is 6.57. The Morgan fingerprint density at radius 2 is 1.44 bits per heavy atom. The summed E-state index contributed by atoms with van der Waals surface area (Å²) < 4.78 is 0. The van der Waals surface area contributed by atoms with E-state index in [1.54, 1.807) is 6.07 Å². The Morgan fingerprint density at radius 1 is 0.889 bits per heavy atom. The van der Waals surface area contributed by atoms with Crippen molar-refractivity contribution in [2.24, 2.45) is 0 Å². The summed E-state index contributed by atoms with van der Waals surface area (Å²) in [5, 5.41) is 15.1. The minimum absolute atomic E-state index is 0.0803. The predicted molar refractivity (Wildman–Crippen MR) is 115 cm³/mol. The average Bonchev–Trinajstić information content (AvgIpc) is 2.68. The van der Waals surface area contributed by atoms with Crippen molar-refractivity contribution in [3.63, 3.8) is 0 Å². The number of nitrogens with one attached hydrogen (secondary N) is 1. The van der Waals surface area contributed by atoms with Crippen LogP contribution in [0, 0.1) is 6.92 Å². The van der Waals surface area contributed by atoms with E-state index in [4.69, 9.17) is 0 Å². The first-order chi connectivity index (χ1) is 13.1. The number of aromatic hydroxyl groups is 1. The van der Waals surface area contributed by atoms with E-state index < -0.39 is 0 Å². The summed E-state index contributed by atoms with van der Waals surface area (Å²) in [6.45, 7) is 4.89. The van der Waals surface area contributed by atoms with Crippen molar-refractivity contribution in [1.82, 2.24) is 5.32 Å². The second-order valence-electron chi connectivity index (χ2n) is 7.57. The number of carbonyl (C=O) groups excluding carboxylic acids is 1. The Bertz CT molecular complexity index is 724. The van der Waals surface area contributed by atoms with Crippen molar-refractivity contribution >= 4 is 16.7 Å². The highest BCUT2D eigenvalue weighted by molar-refractivity contribution is 6.04. The number of amides is 1. The van der Waals surface area contributed by atoms with Crippen molar-refractivity contribution in [3.8, 4) is 5.75 Å². The number of unbranched alkanes of at least 4 members (excludes halogenated alkanes) is 9. The summed E-state index contributed by atoms with van der Waals surface area (Å²) in [5.41, 5.74) is 1.38. The number of aryl methyl sites for hydroxylation is 1. The number of fused-ring (bicyclic) bond motifs is 1. The molecule has 0 aliphatic rings. The molecule has 0 heterocycles. The van der Waals surface area contributed by atoms with E-state index in [1.165, 1.54) is 51.4 Å². The van der Waals surface area contributed by atoms with Crippen LogP contribution in [0.3, 0.4) is 0 Å². The number of hydrogen-bond donors (Lipinski definition) is 2. The van der Waals surface area contributed by atoms with Gasteiger partial charge in [-0.25, -0.2) is 0 Å². The topological polar surface area (TPSA) is 49.3 Å². The lowest BCUT2D eigenvalue weighted by Gasteiger charge is -2.11. The molecule has 0 radical (unpaired) electrons. The summed E-state index contributed by atoms with van der Waals surface area (Å²) in [4.78, 5) is 12.5. The second kappa shape index (κ2) is 11.6. The minimum atomic E-state index is -0.183. The highest BCUT2D eigenvalue weighted by atomic mass is 16.3. The van der Waals surface area contributed by atoms with E-state index in [1.807, 2.05) is 31.2 Å². The van der Waals surface area contributed by atoms with Crippen LogP contribution in [0.25, 0.3) is 10.8 Å². The summed E-state index contributed by atoms with van der Waals surface area (Å²) >= 11 is 0. The van der Waals surface area contributed by atoms with Gasteiger partial charge in [-0.05, 0) is 30.4 Å². The Kier molecular flexibility index (Phi) is 9.17. The highest BCUT2D eigenvalue weighted by Crippen LogP contribution is 2.31. The van der Waals surface area contributed by atoms with E-state index in [-0.39, 0.29) is 11.7 Å². The van der Waals surface area contributed by atoms with Crippen LogP contribution >= 0.6 is 0 Å².